The van der Waals surface area contributed by atoms with Crippen LogP contribution in [0.1, 0.15) is 38.3 Å². The number of nitriles is 1. The molecular formula is C16H24N2O. The lowest BCUT2D eigenvalue weighted by molar-refractivity contribution is 0.408. The van der Waals surface area contributed by atoms with E-state index in [0.717, 1.165) is 25.3 Å². The number of nitrogens with zero attached hydrogens (tertiary/aromatic N) is 1. The molecule has 0 aliphatic carbocycles. The van der Waals surface area contributed by atoms with E-state index in [1.54, 1.807) is 7.11 Å². The van der Waals surface area contributed by atoms with Gasteiger partial charge in [0.1, 0.15) is 5.75 Å². The molecule has 0 amide bonds. The topological polar surface area (TPSA) is 45.0 Å². The number of nitrogens with one attached hydrogen (secondary N) is 1. The number of methoxy groups -OCH3 is 1. The Morgan fingerprint density at radius 2 is 2.11 bits per heavy atom. The summed E-state index contributed by atoms with van der Waals surface area (Å²) in [6.07, 6.45) is 1.52. The Morgan fingerprint density at radius 3 is 2.68 bits per heavy atom. The SMILES string of the molecule is CCc1cc(C(C)(C)CNCCC#N)ccc1OC. The van der Waals surface area contributed by atoms with Gasteiger partial charge in [-0.25, -0.2) is 0 Å². The van der Waals surface area contributed by atoms with Gasteiger partial charge in [-0.05, 0) is 23.6 Å². The summed E-state index contributed by atoms with van der Waals surface area (Å²) in [4.78, 5) is 0. The number of hydrogen-bond donors (Lipinski definition) is 1. The van der Waals surface area contributed by atoms with Crippen molar-refractivity contribution in [3.63, 3.8) is 0 Å². The number of benzene rings is 1. The van der Waals surface area contributed by atoms with Gasteiger partial charge in [-0.2, -0.15) is 5.26 Å². The van der Waals surface area contributed by atoms with Crippen molar-refractivity contribution in [2.45, 2.75) is 39.0 Å². The zero-order valence-corrected chi connectivity index (χ0v) is 12.4. The first-order valence-corrected chi connectivity index (χ1v) is 6.80. The molecule has 104 valence electrons. The fourth-order valence-electron chi connectivity index (χ4n) is 2.12. The van der Waals surface area contributed by atoms with Crippen LogP contribution in [0.5, 0.6) is 5.75 Å². The first kappa shape index (κ1) is 15.5. The summed E-state index contributed by atoms with van der Waals surface area (Å²) in [7, 11) is 1.71. The monoisotopic (exact) mass is 260 g/mol. The van der Waals surface area contributed by atoms with E-state index in [-0.39, 0.29) is 5.41 Å². The Hall–Kier alpha value is -1.53. The first-order chi connectivity index (χ1) is 9.05. The average Bonchev–Trinajstić information content (AvgIpc) is 2.42. The zero-order chi connectivity index (χ0) is 14.3. The molecule has 0 aliphatic heterocycles. The molecule has 0 atom stereocenters. The highest BCUT2D eigenvalue weighted by Crippen LogP contribution is 2.28. The van der Waals surface area contributed by atoms with Gasteiger partial charge in [-0.3, -0.25) is 0 Å². The fourth-order valence-corrected chi connectivity index (χ4v) is 2.12. The molecule has 0 unspecified atom stereocenters. The van der Waals surface area contributed by atoms with E-state index in [1.165, 1.54) is 11.1 Å². The van der Waals surface area contributed by atoms with Gasteiger partial charge in [0.05, 0.1) is 13.2 Å². The summed E-state index contributed by atoms with van der Waals surface area (Å²) in [5.41, 5.74) is 2.59. The van der Waals surface area contributed by atoms with E-state index >= 15 is 0 Å². The molecular weight excluding hydrogens is 236 g/mol. The third-order valence-electron chi connectivity index (χ3n) is 3.42. The van der Waals surface area contributed by atoms with Gasteiger partial charge < -0.3 is 10.1 Å². The van der Waals surface area contributed by atoms with Crippen LogP contribution in [0, 0.1) is 11.3 Å². The summed E-state index contributed by atoms with van der Waals surface area (Å²) < 4.78 is 5.37. The van der Waals surface area contributed by atoms with Gasteiger partial charge in [0.25, 0.3) is 0 Å². The predicted octanol–water partition coefficient (Wildman–Crippen LogP) is 3.04. The van der Waals surface area contributed by atoms with Crippen molar-refractivity contribution in [2.75, 3.05) is 20.2 Å². The van der Waals surface area contributed by atoms with Crippen molar-refractivity contribution in [2.24, 2.45) is 0 Å². The Kier molecular flexibility index (Phi) is 5.85. The molecule has 0 saturated heterocycles. The van der Waals surface area contributed by atoms with Crippen LogP contribution in [0.3, 0.4) is 0 Å². The molecule has 0 fully saturated rings. The lowest BCUT2D eigenvalue weighted by atomic mass is 9.83. The maximum atomic E-state index is 8.53. The van der Waals surface area contributed by atoms with E-state index < -0.39 is 0 Å². The van der Waals surface area contributed by atoms with Crippen molar-refractivity contribution in [3.05, 3.63) is 29.3 Å². The molecule has 1 aromatic rings. The molecule has 0 saturated carbocycles. The molecule has 1 rings (SSSR count). The quantitative estimate of drug-likeness (QED) is 0.766. The summed E-state index contributed by atoms with van der Waals surface area (Å²) >= 11 is 0. The highest BCUT2D eigenvalue weighted by Gasteiger charge is 2.21. The Bertz CT molecular complexity index is 447. The lowest BCUT2D eigenvalue weighted by Crippen LogP contribution is -2.33. The normalized spacial score (nSPS) is 11.1. The van der Waals surface area contributed by atoms with Gasteiger partial charge in [0.2, 0.25) is 0 Å². The van der Waals surface area contributed by atoms with Crippen LogP contribution in [0.2, 0.25) is 0 Å². The molecule has 19 heavy (non-hydrogen) atoms. The van der Waals surface area contributed by atoms with Gasteiger partial charge >= 0.3 is 0 Å². The highest BCUT2D eigenvalue weighted by molar-refractivity contribution is 5.40. The molecule has 0 heterocycles. The summed E-state index contributed by atoms with van der Waals surface area (Å²) in [6.45, 7) is 8.18. The zero-order valence-electron chi connectivity index (χ0n) is 12.4. The van der Waals surface area contributed by atoms with Crippen molar-refractivity contribution in [3.8, 4) is 11.8 Å². The minimum atomic E-state index is 0.0473. The van der Waals surface area contributed by atoms with Crippen LogP contribution in [-0.4, -0.2) is 20.2 Å². The molecule has 1 N–H and O–H groups in total. The molecule has 1 aromatic carbocycles. The Morgan fingerprint density at radius 1 is 1.37 bits per heavy atom. The van der Waals surface area contributed by atoms with Crippen molar-refractivity contribution >= 4 is 0 Å². The second-order valence-corrected chi connectivity index (χ2v) is 5.35. The first-order valence-electron chi connectivity index (χ1n) is 6.80. The lowest BCUT2D eigenvalue weighted by Gasteiger charge is -2.26. The van der Waals surface area contributed by atoms with Crippen LogP contribution in [0.15, 0.2) is 18.2 Å². The Balaban J connectivity index is 2.80. The molecule has 3 heteroatoms. The van der Waals surface area contributed by atoms with E-state index in [4.69, 9.17) is 10.00 Å². The summed E-state index contributed by atoms with van der Waals surface area (Å²) in [5.74, 6) is 0.958. The Labute approximate surface area is 116 Å². The number of ether oxygens (including phenoxy) is 1. The maximum absolute atomic E-state index is 8.53. The van der Waals surface area contributed by atoms with Crippen LogP contribution in [0.25, 0.3) is 0 Å². The van der Waals surface area contributed by atoms with Crippen LogP contribution in [-0.2, 0) is 11.8 Å². The molecule has 0 aliphatic rings. The molecule has 0 aromatic heterocycles. The van der Waals surface area contributed by atoms with Gasteiger partial charge in [0.15, 0.2) is 0 Å². The third kappa shape index (κ3) is 4.25. The number of rotatable bonds is 7. The minimum Gasteiger partial charge on any atom is -0.496 e. The fraction of sp³-hybridized carbons (Fsp3) is 0.562. The summed E-state index contributed by atoms with van der Waals surface area (Å²) in [6, 6.07) is 8.55. The second kappa shape index (κ2) is 7.16. The molecule has 3 nitrogen and oxygen atoms in total. The van der Waals surface area contributed by atoms with Gasteiger partial charge in [-0.1, -0.05) is 32.9 Å². The van der Waals surface area contributed by atoms with Gasteiger partial charge in [-0.15, -0.1) is 0 Å². The smallest absolute Gasteiger partial charge is 0.122 e. The minimum absolute atomic E-state index is 0.0473. The number of hydrogen-bond acceptors (Lipinski definition) is 3. The molecule has 0 spiro atoms. The van der Waals surface area contributed by atoms with E-state index in [2.05, 4.69) is 44.3 Å². The second-order valence-electron chi connectivity index (χ2n) is 5.35. The standard InChI is InChI=1S/C16H24N2O/c1-5-13-11-14(7-8-15(13)19-4)16(2,3)12-18-10-6-9-17/h7-8,11,18H,5-6,10,12H2,1-4H3. The van der Waals surface area contributed by atoms with Crippen molar-refractivity contribution < 1.29 is 4.74 Å². The van der Waals surface area contributed by atoms with Gasteiger partial charge in [0, 0.05) is 24.9 Å². The van der Waals surface area contributed by atoms with Crippen molar-refractivity contribution in [1.82, 2.24) is 5.32 Å². The number of aryl methyl sites for hydroxylation is 1. The molecule has 0 bridgehead atoms. The van der Waals surface area contributed by atoms with Crippen LogP contribution >= 0.6 is 0 Å². The van der Waals surface area contributed by atoms with Crippen LogP contribution < -0.4 is 10.1 Å². The average molecular weight is 260 g/mol. The van der Waals surface area contributed by atoms with Crippen molar-refractivity contribution in [1.29, 1.82) is 5.26 Å². The largest absolute Gasteiger partial charge is 0.496 e. The van der Waals surface area contributed by atoms with E-state index in [1.807, 2.05) is 6.07 Å². The van der Waals surface area contributed by atoms with E-state index in [0.29, 0.717) is 6.42 Å². The maximum Gasteiger partial charge on any atom is 0.122 e. The summed E-state index contributed by atoms with van der Waals surface area (Å²) in [5, 5.41) is 11.9. The predicted molar refractivity (Wildman–Crippen MR) is 78.5 cm³/mol. The third-order valence-corrected chi connectivity index (χ3v) is 3.42. The molecule has 0 radical (unpaired) electrons. The van der Waals surface area contributed by atoms with Crippen LogP contribution in [0.4, 0.5) is 0 Å². The highest BCUT2D eigenvalue weighted by atomic mass is 16.5. The van der Waals surface area contributed by atoms with E-state index in [9.17, 15) is 0 Å².